The molecule has 2 rings (SSSR count). The number of carbonyl (C=O) groups is 3. The summed E-state index contributed by atoms with van der Waals surface area (Å²) in [5.74, 6) is 0.158. The van der Waals surface area contributed by atoms with Gasteiger partial charge in [-0.15, -0.1) is 0 Å². The predicted octanol–water partition coefficient (Wildman–Crippen LogP) is 2.69. The Morgan fingerprint density at radius 3 is 2.31 bits per heavy atom. The molecule has 2 aromatic rings. The molecule has 3 amide bonds. The first kappa shape index (κ1) is 21.9. The van der Waals surface area contributed by atoms with E-state index in [2.05, 4.69) is 10.6 Å². The van der Waals surface area contributed by atoms with Crippen LogP contribution in [-0.2, 0) is 9.59 Å². The molecule has 0 bridgehead atoms. The second-order valence-electron chi connectivity index (χ2n) is 6.41. The van der Waals surface area contributed by atoms with Crippen LogP contribution in [0, 0.1) is 0 Å². The van der Waals surface area contributed by atoms with E-state index in [9.17, 15) is 14.4 Å². The molecular weight excluding hydrogens is 370 g/mol. The Bertz CT molecular complexity index is 807. The van der Waals surface area contributed by atoms with Crippen LogP contribution in [0.2, 0.25) is 0 Å². The van der Waals surface area contributed by atoms with Crippen molar-refractivity contribution in [2.24, 2.45) is 0 Å². The molecule has 0 unspecified atom stereocenters. The molecule has 7 nitrogen and oxygen atoms in total. The maximum absolute atomic E-state index is 12.4. The van der Waals surface area contributed by atoms with Gasteiger partial charge in [-0.05, 0) is 49.7 Å². The highest BCUT2D eigenvalue weighted by Crippen LogP contribution is 2.15. The van der Waals surface area contributed by atoms with E-state index >= 15 is 0 Å². The molecule has 0 atom stereocenters. The highest BCUT2D eigenvalue weighted by Gasteiger charge is 2.15. The lowest BCUT2D eigenvalue weighted by Gasteiger charge is -2.20. The van der Waals surface area contributed by atoms with Gasteiger partial charge in [0.25, 0.3) is 5.91 Å². The van der Waals surface area contributed by atoms with E-state index in [-0.39, 0.29) is 30.7 Å². The number of likely N-dealkylation sites (N-methyl/N-ethyl adjacent to an activating group) is 1. The first-order valence-electron chi connectivity index (χ1n) is 9.58. The molecule has 154 valence electrons. The van der Waals surface area contributed by atoms with Crippen molar-refractivity contribution in [3.63, 3.8) is 0 Å². The third-order valence-electron chi connectivity index (χ3n) is 4.33. The maximum Gasteiger partial charge on any atom is 0.251 e. The average molecular weight is 397 g/mol. The third kappa shape index (κ3) is 7.29. The van der Waals surface area contributed by atoms with Gasteiger partial charge < -0.3 is 20.3 Å². The summed E-state index contributed by atoms with van der Waals surface area (Å²) in [6.07, 6.45) is 0.771. The molecule has 0 aliphatic heterocycles. The summed E-state index contributed by atoms with van der Waals surface area (Å²) in [5, 5.41) is 5.56. The fourth-order valence-corrected chi connectivity index (χ4v) is 2.72. The minimum atomic E-state index is -0.261. The van der Waals surface area contributed by atoms with Gasteiger partial charge in [0.15, 0.2) is 0 Å². The fourth-order valence-electron chi connectivity index (χ4n) is 2.72. The number of amides is 3. The first-order valence-corrected chi connectivity index (χ1v) is 9.58. The number of carbonyl (C=O) groups excluding carboxylic acids is 3. The van der Waals surface area contributed by atoms with Crippen molar-refractivity contribution >= 4 is 23.4 Å². The van der Waals surface area contributed by atoms with Gasteiger partial charge in [-0.2, -0.15) is 0 Å². The zero-order valence-electron chi connectivity index (χ0n) is 16.8. The van der Waals surface area contributed by atoms with Crippen LogP contribution < -0.4 is 15.4 Å². The van der Waals surface area contributed by atoms with Crippen LogP contribution in [0.15, 0.2) is 54.6 Å². The van der Waals surface area contributed by atoms with Crippen LogP contribution in [0.3, 0.4) is 0 Å². The number of ether oxygens (including phenoxy) is 1. The van der Waals surface area contributed by atoms with Gasteiger partial charge in [-0.3, -0.25) is 14.4 Å². The number of hydrogen-bond donors (Lipinski definition) is 2. The number of methoxy groups -OCH3 is 1. The Kier molecular flexibility index (Phi) is 8.69. The Morgan fingerprint density at radius 1 is 1.00 bits per heavy atom. The smallest absolute Gasteiger partial charge is 0.251 e. The molecule has 0 aliphatic rings. The molecule has 0 saturated carbocycles. The monoisotopic (exact) mass is 397 g/mol. The fraction of sp³-hybridized carbons (Fsp3) is 0.318. The molecule has 0 spiro atoms. The predicted molar refractivity (Wildman–Crippen MR) is 112 cm³/mol. The van der Waals surface area contributed by atoms with Crippen molar-refractivity contribution in [2.75, 3.05) is 32.1 Å². The van der Waals surface area contributed by atoms with E-state index in [0.717, 1.165) is 0 Å². The van der Waals surface area contributed by atoms with Crippen LogP contribution in [0.1, 0.15) is 30.1 Å². The number of hydrogen-bond acceptors (Lipinski definition) is 4. The summed E-state index contributed by atoms with van der Waals surface area (Å²) < 4.78 is 5.08. The Balaban J connectivity index is 1.73. The summed E-state index contributed by atoms with van der Waals surface area (Å²) in [7, 11) is 1.57. The van der Waals surface area contributed by atoms with Gasteiger partial charge >= 0.3 is 0 Å². The molecule has 2 N–H and O–H groups in total. The van der Waals surface area contributed by atoms with Crippen LogP contribution in [0.5, 0.6) is 5.75 Å². The third-order valence-corrected chi connectivity index (χ3v) is 4.33. The van der Waals surface area contributed by atoms with Gasteiger partial charge in [0.2, 0.25) is 11.8 Å². The molecule has 0 fully saturated rings. The van der Waals surface area contributed by atoms with Gasteiger partial charge in [0.1, 0.15) is 5.75 Å². The Labute approximate surface area is 171 Å². The molecule has 7 heteroatoms. The largest absolute Gasteiger partial charge is 0.497 e. The van der Waals surface area contributed by atoms with Crippen molar-refractivity contribution < 1.29 is 19.1 Å². The Hall–Kier alpha value is -3.35. The SMILES string of the molecule is CCN(CC(=O)Nc1ccc(OC)cc1)C(=O)CCCNC(=O)c1ccccc1. The Morgan fingerprint density at radius 2 is 1.69 bits per heavy atom. The molecule has 0 heterocycles. The molecule has 0 saturated heterocycles. The summed E-state index contributed by atoms with van der Waals surface area (Å²) >= 11 is 0. The quantitative estimate of drug-likeness (QED) is 0.604. The molecule has 0 aromatic heterocycles. The number of nitrogens with one attached hydrogen (secondary N) is 2. The van der Waals surface area contributed by atoms with Gasteiger partial charge in [0, 0.05) is 30.8 Å². The number of anilines is 1. The number of rotatable bonds is 10. The van der Waals surface area contributed by atoms with Crippen LogP contribution >= 0.6 is 0 Å². The second-order valence-corrected chi connectivity index (χ2v) is 6.41. The van der Waals surface area contributed by atoms with Crippen molar-refractivity contribution in [1.29, 1.82) is 0 Å². The molecule has 2 aromatic carbocycles. The van der Waals surface area contributed by atoms with Crippen molar-refractivity contribution in [3.05, 3.63) is 60.2 Å². The van der Waals surface area contributed by atoms with Crippen molar-refractivity contribution in [3.8, 4) is 5.75 Å². The van der Waals surface area contributed by atoms with Crippen LogP contribution in [0.25, 0.3) is 0 Å². The van der Waals surface area contributed by atoms with E-state index < -0.39 is 0 Å². The van der Waals surface area contributed by atoms with E-state index in [0.29, 0.717) is 36.5 Å². The lowest BCUT2D eigenvalue weighted by Crippen LogP contribution is -2.38. The lowest BCUT2D eigenvalue weighted by atomic mass is 10.2. The van der Waals surface area contributed by atoms with Gasteiger partial charge in [-0.25, -0.2) is 0 Å². The van der Waals surface area contributed by atoms with E-state index in [4.69, 9.17) is 4.74 Å². The highest BCUT2D eigenvalue weighted by atomic mass is 16.5. The number of nitrogens with zero attached hydrogens (tertiary/aromatic N) is 1. The van der Waals surface area contributed by atoms with Crippen LogP contribution in [0.4, 0.5) is 5.69 Å². The van der Waals surface area contributed by atoms with Crippen LogP contribution in [-0.4, -0.2) is 49.4 Å². The minimum Gasteiger partial charge on any atom is -0.497 e. The summed E-state index contributed by atoms with van der Waals surface area (Å²) in [4.78, 5) is 38.1. The topological polar surface area (TPSA) is 87.7 Å². The van der Waals surface area contributed by atoms with E-state index in [1.165, 1.54) is 4.90 Å². The molecule has 0 radical (unpaired) electrons. The second kappa shape index (κ2) is 11.5. The summed E-state index contributed by atoms with van der Waals surface area (Å²) in [5.41, 5.74) is 1.23. The van der Waals surface area contributed by atoms with Gasteiger partial charge in [0.05, 0.1) is 13.7 Å². The number of benzene rings is 2. The maximum atomic E-state index is 12.4. The normalized spacial score (nSPS) is 10.1. The lowest BCUT2D eigenvalue weighted by molar-refractivity contribution is -0.134. The van der Waals surface area contributed by atoms with Gasteiger partial charge in [-0.1, -0.05) is 18.2 Å². The highest BCUT2D eigenvalue weighted by molar-refractivity contribution is 5.95. The molecular formula is C22H27N3O4. The molecule has 29 heavy (non-hydrogen) atoms. The summed E-state index contributed by atoms with van der Waals surface area (Å²) in [6.45, 7) is 2.65. The average Bonchev–Trinajstić information content (AvgIpc) is 2.75. The van der Waals surface area contributed by atoms with E-state index in [1.54, 1.807) is 55.6 Å². The zero-order chi connectivity index (χ0) is 21.1. The zero-order valence-corrected chi connectivity index (χ0v) is 16.8. The minimum absolute atomic E-state index is 0.0161. The van der Waals surface area contributed by atoms with Crippen molar-refractivity contribution in [2.45, 2.75) is 19.8 Å². The molecule has 0 aliphatic carbocycles. The first-order chi connectivity index (χ1) is 14.0. The van der Waals surface area contributed by atoms with E-state index in [1.807, 2.05) is 13.0 Å². The standard InChI is InChI=1S/C22H27N3O4/c1-3-25(16-20(26)24-18-11-13-19(29-2)14-12-18)21(27)10-7-15-23-22(28)17-8-5-4-6-9-17/h4-6,8-9,11-14H,3,7,10,15-16H2,1-2H3,(H,23,28)(H,24,26). The van der Waals surface area contributed by atoms with Crippen molar-refractivity contribution in [1.82, 2.24) is 10.2 Å². The summed E-state index contributed by atoms with van der Waals surface area (Å²) in [6, 6.07) is 15.9.